The number of hydrogen-bond acceptors (Lipinski definition) is 6. The molecule has 0 spiro atoms. The molecule has 2 aliphatic heterocycles. The number of benzene rings is 1. The van der Waals surface area contributed by atoms with Crippen molar-refractivity contribution >= 4 is 33.8 Å². The predicted molar refractivity (Wildman–Crippen MR) is 116 cm³/mol. The maximum atomic E-state index is 13.4. The highest BCUT2D eigenvalue weighted by Crippen LogP contribution is 2.34. The van der Waals surface area contributed by atoms with Gasteiger partial charge in [-0.15, -0.1) is 0 Å². The Morgan fingerprint density at radius 1 is 1.21 bits per heavy atom. The molecule has 1 amide bonds. The second kappa shape index (κ2) is 8.15. The number of nitrogen functional groups attached to an aromatic ring is 1. The largest absolute Gasteiger partial charge is 0.616 e. The number of carbonyl (C=O) groups excluding carboxylic acids is 1. The molecule has 4 heterocycles. The van der Waals surface area contributed by atoms with Crippen LogP contribution in [0.15, 0.2) is 36.5 Å². The Hall–Kier alpha value is -2.89. The van der Waals surface area contributed by atoms with E-state index >= 15 is 0 Å². The van der Waals surface area contributed by atoms with Crippen molar-refractivity contribution in [1.82, 2.24) is 14.9 Å². The van der Waals surface area contributed by atoms with Crippen molar-refractivity contribution in [2.24, 2.45) is 0 Å². The van der Waals surface area contributed by atoms with Crippen LogP contribution in [0.1, 0.15) is 38.8 Å². The molecule has 33 heavy (non-hydrogen) atoms. The highest BCUT2D eigenvalue weighted by atomic mass is 32.2. The minimum absolute atomic E-state index is 0.145. The number of amides is 1. The molecule has 2 aromatic heterocycles. The van der Waals surface area contributed by atoms with Crippen LogP contribution in [-0.4, -0.2) is 43.4 Å². The van der Waals surface area contributed by atoms with Gasteiger partial charge in [-0.2, -0.15) is 13.2 Å². The summed E-state index contributed by atoms with van der Waals surface area (Å²) in [6.45, 7) is 0.911. The lowest BCUT2D eigenvalue weighted by Gasteiger charge is -2.36. The van der Waals surface area contributed by atoms with E-state index in [1.807, 2.05) is 0 Å². The number of anilines is 1. The van der Waals surface area contributed by atoms with E-state index in [1.54, 1.807) is 6.07 Å². The van der Waals surface area contributed by atoms with Crippen molar-refractivity contribution in [3.05, 3.63) is 64.5 Å². The fourth-order valence-electron chi connectivity index (χ4n) is 4.26. The fraction of sp³-hybridized carbons (Fsp3) is 0.318. The van der Waals surface area contributed by atoms with E-state index < -0.39 is 29.0 Å². The maximum Gasteiger partial charge on any atom is 0.416 e. The summed E-state index contributed by atoms with van der Waals surface area (Å²) >= 11 is -1.19. The number of fused-ring (bicyclic) bond motifs is 3. The minimum Gasteiger partial charge on any atom is -0.616 e. The number of nitrogens with two attached hydrogens (primary N) is 1. The Bertz CT molecular complexity index is 1240. The van der Waals surface area contributed by atoms with E-state index in [0.717, 1.165) is 28.6 Å². The first-order valence-corrected chi connectivity index (χ1v) is 11.7. The maximum absolute atomic E-state index is 13.4. The molecule has 11 heteroatoms. The summed E-state index contributed by atoms with van der Waals surface area (Å²) in [6.07, 6.45) is -2.98. The Balaban J connectivity index is 1.49. The molecule has 0 radical (unpaired) electrons. The van der Waals surface area contributed by atoms with Gasteiger partial charge in [0.15, 0.2) is 0 Å². The summed E-state index contributed by atoms with van der Waals surface area (Å²) in [6, 6.07) is 5.65. The lowest BCUT2D eigenvalue weighted by Crippen LogP contribution is -2.46. The van der Waals surface area contributed by atoms with Gasteiger partial charge in [-0.05, 0) is 40.5 Å². The lowest BCUT2D eigenvalue weighted by atomic mass is 10.0. The van der Waals surface area contributed by atoms with Crippen LogP contribution < -0.4 is 5.73 Å². The number of aromatic nitrogens is 2. The highest BCUT2D eigenvalue weighted by Gasteiger charge is 2.37. The third kappa shape index (κ3) is 4.00. The number of ether oxygens (including phenoxy) is 1. The summed E-state index contributed by atoms with van der Waals surface area (Å²) in [5.74, 6) is 0.420. The van der Waals surface area contributed by atoms with Gasteiger partial charge in [-0.3, -0.25) is 4.79 Å². The summed E-state index contributed by atoms with van der Waals surface area (Å²) in [4.78, 5) is 23.6. The van der Waals surface area contributed by atoms with Gasteiger partial charge in [0.1, 0.15) is 29.1 Å². The SMILES string of the molecule is Nc1nc2cnc(C(=O)N3CC[S+]([O-])C[C@@H]3c3ccc(C(F)(F)F)cc3)cc2c2c1COC2. The van der Waals surface area contributed by atoms with Gasteiger partial charge in [0.2, 0.25) is 0 Å². The minimum atomic E-state index is -4.46. The standard InChI is InChI=1S/C22H19F3N4O3S/c23-22(24,25)13-3-1-12(2-4-13)19-11-33(31)6-5-29(19)21(30)17-7-14-15-9-32-10-16(15)20(26)28-18(14)8-27-17/h1-4,7-8,19H,5-6,9-11H2,(H2,26,28)/t19-,33?/m1/s1. The molecule has 172 valence electrons. The lowest BCUT2D eigenvalue weighted by molar-refractivity contribution is -0.137. The molecule has 7 nitrogen and oxygen atoms in total. The van der Waals surface area contributed by atoms with Crippen LogP contribution >= 0.6 is 0 Å². The molecule has 2 atom stereocenters. The van der Waals surface area contributed by atoms with Gasteiger partial charge in [0, 0.05) is 10.9 Å². The van der Waals surface area contributed by atoms with Crippen LogP contribution in [0.25, 0.3) is 10.9 Å². The molecule has 0 bridgehead atoms. The molecule has 3 aromatic rings. The summed E-state index contributed by atoms with van der Waals surface area (Å²) in [5, 5.41) is 0.724. The van der Waals surface area contributed by atoms with Crippen molar-refractivity contribution in [1.29, 1.82) is 0 Å². The van der Waals surface area contributed by atoms with E-state index in [0.29, 0.717) is 30.1 Å². The van der Waals surface area contributed by atoms with Gasteiger partial charge in [0.25, 0.3) is 5.91 Å². The molecule has 2 N–H and O–H groups in total. The van der Waals surface area contributed by atoms with Gasteiger partial charge in [-0.1, -0.05) is 12.1 Å². The Morgan fingerprint density at radius 2 is 1.94 bits per heavy atom. The van der Waals surface area contributed by atoms with Crippen molar-refractivity contribution in [2.75, 3.05) is 23.8 Å². The zero-order chi connectivity index (χ0) is 23.3. The van der Waals surface area contributed by atoms with Gasteiger partial charge in [0.05, 0.1) is 37.0 Å². The number of hydrogen-bond donors (Lipinski definition) is 1. The Kier molecular flexibility index (Phi) is 5.42. The number of carbonyl (C=O) groups is 1. The molecular weight excluding hydrogens is 457 g/mol. The molecular formula is C22H19F3N4O3S. The van der Waals surface area contributed by atoms with Crippen LogP contribution in [-0.2, 0) is 35.3 Å². The zero-order valence-electron chi connectivity index (χ0n) is 17.3. The van der Waals surface area contributed by atoms with Crippen LogP contribution in [0.5, 0.6) is 0 Å². The smallest absolute Gasteiger partial charge is 0.416 e. The third-order valence-corrected chi connectivity index (χ3v) is 7.32. The summed E-state index contributed by atoms with van der Waals surface area (Å²) < 4.78 is 56.6. The van der Waals surface area contributed by atoms with Gasteiger partial charge >= 0.3 is 6.18 Å². The highest BCUT2D eigenvalue weighted by molar-refractivity contribution is 7.91. The van der Waals surface area contributed by atoms with E-state index in [2.05, 4.69) is 9.97 Å². The van der Waals surface area contributed by atoms with Crippen molar-refractivity contribution < 1.29 is 27.3 Å². The Labute approximate surface area is 189 Å². The van der Waals surface area contributed by atoms with Crippen molar-refractivity contribution in [2.45, 2.75) is 25.4 Å². The van der Waals surface area contributed by atoms with Crippen LogP contribution in [0, 0.1) is 0 Å². The molecule has 1 aromatic carbocycles. The number of alkyl halides is 3. The number of nitrogens with zero attached hydrogens (tertiary/aromatic N) is 3. The summed E-state index contributed by atoms with van der Waals surface area (Å²) in [7, 11) is 0. The number of rotatable bonds is 2. The monoisotopic (exact) mass is 476 g/mol. The zero-order valence-corrected chi connectivity index (χ0v) is 18.1. The average Bonchev–Trinajstić information content (AvgIpc) is 3.29. The summed E-state index contributed by atoms with van der Waals surface area (Å²) in [5.41, 5.74) is 8.09. The van der Waals surface area contributed by atoms with E-state index in [1.165, 1.54) is 23.2 Å². The molecule has 5 rings (SSSR count). The average molecular weight is 476 g/mol. The number of halogens is 3. The van der Waals surface area contributed by atoms with Crippen LogP contribution in [0.2, 0.25) is 0 Å². The second-order valence-corrected chi connectivity index (χ2v) is 9.60. The van der Waals surface area contributed by atoms with Crippen molar-refractivity contribution in [3.8, 4) is 0 Å². The van der Waals surface area contributed by atoms with Gasteiger partial charge in [-0.25, -0.2) is 9.97 Å². The molecule has 1 unspecified atom stereocenters. The third-order valence-electron chi connectivity index (χ3n) is 6.00. The molecule has 0 saturated carbocycles. The van der Waals surface area contributed by atoms with Gasteiger partial charge < -0.3 is 19.9 Å². The fourth-order valence-corrected chi connectivity index (χ4v) is 5.55. The van der Waals surface area contributed by atoms with Crippen LogP contribution in [0.4, 0.5) is 19.0 Å². The first-order valence-electron chi connectivity index (χ1n) is 10.2. The van der Waals surface area contributed by atoms with E-state index in [4.69, 9.17) is 10.5 Å². The normalized spacial score (nSPS) is 20.8. The molecule has 1 saturated heterocycles. The second-order valence-electron chi connectivity index (χ2n) is 7.98. The molecule has 0 aliphatic carbocycles. The van der Waals surface area contributed by atoms with E-state index in [-0.39, 0.29) is 29.7 Å². The van der Waals surface area contributed by atoms with Crippen LogP contribution in [0.3, 0.4) is 0 Å². The Morgan fingerprint density at radius 3 is 2.67 bits per heavy atom. The quantitative estimate of drug-likeness (QED) is 0.570. The first-order chi connectivity index (χ1) is 15.7. The topological polar surface area (TPSA) is 104 Å². The number of pyridine rings is 2. The van der Waals surface area contributed by atoms with Crippen molar-refractivity contribution in [3.63, 3.8) is 0 Å². The first kappa shape index (κ1) is 21.9. The molecule has 2 aliphatic rings. The van der Waals surface area contributed by atoms with E-state index in [9.17, 15) is 22.5 Å². The molecule has 1 fully saturated rings. The predicted octanol–water partition coefficient (Wildman–Crippen LogP) is 3.21.